The maximum absolute atomic E-state index is 12.9. The quantitative estimate of drug-likeness (QED) is 0.758. The van der Waals surface area contributed by atoms with Crippen molar-refractivity contribution in [2.45, 2.75) is 12.5 Å². The zero-order valence-electron chi connectivity index (χ0n) is 14.7. The summed E-state index contributed by atoms with van der Waals surface area (Å²) in [4.78, 5) is 1.75. The summed E-state index contributed by atoms with van der Waals surface area (Å²) in [7, 11) is 5.58. The fourth-order valence-corrected chi connectivity index (χ4v) is 2.42. The molecule has 0 spiro atoms. The van der Waals surface area contributed by atoms with Gasteiger partial charge in [-0.05, 0) is 49.6 Å². The van der Waals surface area contributed by atoms with Gasteiger partial charge in [-0.3, -0.25) is 0 Å². The van der Waals surface area contributed by atoms with E-state index >= 15 is 0 Å². The van der Waals surface area contributed by atoms with Crippen molar-refractivity contribution in [3.05, 3.63) is 59.9 Å². The number of nitrogens with one attached hydrogen (secondary N) is 1. The number of hydrogen-bond acceptors (Lipinski definition) is 4. The van der Waals surface area contributed by atoms with Crippen LogP contribution in [0.25, 0.3) is 0 Å². The van der Waals surface area contributed by atoms with Crippen LogP contribution in [0.5, 0.6) is 11.5 Å². The van der Waals surface area contributed by atoms with Crippen LogP contribution in [0.1, 0.15) is 18.0 Å². The Hall–Kier alpha value is -2.18. The van der Waals surface area contributed by atoms with Gasteiger partial charge in [-0.2, -0.15) is 0 Å². The van der Waals surface area contributed by atoms with Crippen LogP contribution in [0.4, 0.5) is 4.39 Å². The molecule has 0 fully saturated rings. The fraction of sp³-hybridized carbons (Fsp3) is 0.316. The van der Waals surface area contributed by atoms with Crippen LogP contribution in [0.3, 0.4) is 0 Å². The van der Waals surface area contributed by atoms with Crippen LogP contribution in [0.2, 0.25) is 0 Å². The molecule has 4 nitrogen and oxygen atoms in total. The monoisotopic (exact) mass is 362 g/mol. The molecule has 6 heteroatoms. The molecule has 0 amide bonds. The summed E-state index contributed by atoms with van der Waals surface area (Å²) < 4.78 is 24.4. The van der Waals surface area contributed by atoms with Crippen molar-refractivity contribution in [1.82, 2.24) is 10.2 Å². The minimum absolute atomic E-state index is 0.0432. The molecule has 1 atom stereocenters. The van der Waals surface area contributed by atoms with Crippen LogP contribution < -0.4 is 14.8 Å². The lowest BCUT2D eigenvalue weighted by atomic mass is 10.0. The Balaban J connectivity index is 2.02. The largest absolute Gasteiger partial charge is 0.494 e. The van der Waals surface area contributed by atoms with Gasteiger partial charge in [0.2, 0.25) is 0 Å². The second-order valence-corrected chi connectivity index (χ2v) is 6.08. The summed E-state index contributed by atoms with van der Waals surface area (Å²) in [6, 6.07) is 13.8. The van der Waals surface area contributed by atoms with E-state index in [0.29, 0.717) is 17.5 Å². The van der Waals surface area contributed by atoms with Gasteiger partial charge in [0.1, 0.15) is 17.3 Å². The number of thiocarbonyl (C=S) groups is 1. The summed E-state index contributed by atoms with van der Waals surface area (Å²) in [6.45, 7) is 0.490. The first-order chi connectivity index (χ1) is 12.0. The zero-order valence-corrected chi connectivity index (χ0v) is 15.5. The molecule has 2 aromatic carbocycles. The molecule has 0 aromatic heterocycles. The minimum Gasteiger partial charge on any atom is -0.494 e. The highest BCUT2D eigenvalue weighted by atomic mass is 32.1. The van der Waals surface area contributed by atoms with Crippen LogP contribution in [0, 0.1) is 5.82 Å². The van der Waals surface area contributed by atoms with E-state index in [4.69, 9.17) is 21.7 Å². The highest BCUT2D eigenvalue weighted by Crippen LogP contribution is 2.27. The van der Waals surface area contributed by atoms with E-state index < -0.39 is 0 Å². The van der Waals surface area contributed by atoms with E-state index in [9.17, 15) is 4.39 Å². The van der Waals surface area contributed by atoms with Crippen molar-refractivity contribution in [2.24, 2.45) is 0 Å². The molecule has 2 aromatic rings. The minimum atomic E-state index is -0.275. The van der Waals surface area contributed by atoms with Crippen molar-refractivity contribution in [3.8, 4) is 11.5 Å². The van der Waals surface area contributed by atoms with E-state index in [1.165, 1.54) is 12.1 Å². The molecule has 0 aliphatic heterocycles. The van der Waals surface area contributed by atoms with Gasteiger partial charge in [-0.25, -0.2) is 4.39 Å². The van der Waals surface area contributed by atoms with E-state index in [2.05, 4.69) is 5.32 Å². The Morgan fingerprint density at radius 3 is 2.48 bits per heavy atom. The van der Waals surface area contributed by atoms with Crippen molar-refractivity contribution in [2.75, 3.05) is 27.7 Å². The fourth-order valence-electron chi connectivity index (χ4n) is 2.33. The number of ether oxygens (including phenoxy) is 2. The average molecular weight is 362 g/mol. The first kappa shape index (κ1) is 19.1. The normalized spacial score (nSPS) is 11.7. The second-order valence-electron chi connectivity index (χ2n) is 5.73. The van der Waals surface area contributed by atoms with E-state index in [0.717, 1.165) is 17.7 Å². The molecule has 0 aliphatic rings. The lowest BCUT2D eigenvalue weighted by Crippen LogP contribution is -2.26. The molecule has 0 aliphatic carbocycles. The molecule has 25 heavy (non-hydrogen) atoms. The molecular formula is C19H23FN2O2S. The maximum Gasteiger partial charge on any atom is 0.264 e. The predicted octanol–water partition coefficient (Wildman–Crippen LogP) is 3.78. The van der Waals surface area contributed by atoms with Crippen molar-refractivity contribution >= 4 is 17.4 Å². The molecule has 2 rings (SSSR count). The van der Waals surface area contributed by atoms with E-state index in [1.54, 1.807) is 17.0 Å². The van der Waals surface area contributed by atoms with Crippen molar-refractivity contribution in [1.29, 1.82) is 0 Å². The van der Waals surface area contributed by atoms with Gasteiger partial charge in [-0.1, -0.05) is 18.2 Å². The zero-order chi connectivity index (χ0) is 18.2. The standard InChI is InChI=1S/C19H23FN2O2S/c1-21-17(12-13-23-15-10-8-14(20)9-11-15)16-6-4-5-7-18(16)24-19(25)22(2)3/h4-11,17,21H,12-13H2,1-3H3. The molecule has 0 saturated carbocycles. The van der Waals surface area contributed by atoms with Crippen LogP contribution in [-0.4, -0.2) is 37.8 Å². The smallest absolute Gasteiger partial charge is 0.264 e. The molecule has 0 saturated heterocycles. The topological polar surface area (TPSA) is 33.7 Å². The van der Waals surface area contributed by atoms with Gasteiger partial charge in [0.15, 0.2) is 0 Å². The summed E-state index contributed by atoms with van der Waals surface area (Å²) in [6.07, 6.45) is 0.725. The second kappa shape index (κ2) is 9.34. The van der Waals surface area contributed by atoms with Gasteiger partial charge >= 0.3 is 0 Å². The summed E-state index contributed by atoms with van der Waals surface area (Å²) in [5, 5.41) is 3.69. The third-order valence-electron chi connectivity index (χ3n) is 3.69. The third kappa shape index (κ3) is 5.69. The molecule has 134 valence electrons. The number of nitrogens with zero attached hydrogens (tertiary/aromatic N) is 1. The van der Waals surface area contributed by atoms with Crippen molar-refractivity contribution < 1.29 is 13.9 Å². The Morgan fingerprint density at radius 1 is 1.16 bits per heavy atom. The average Bonchev–Trinajstić information content (AvgIpc) is 2.61. The number of benzene rings is 2. The summed E-state index contributed by atoms with van der Waals surface area (Å²) in [5.74, 6) is 1.10. The Morgan fingerprint density at radius 2 is 1.84 bits per heavy atom. The molecule has 0 bridgehead atoms. The Kier molecular flexibility index (Phi) is 7.16. The highest BCUT2D eigenvalue weighted by Gasteiger charge is 2.16. The predicted molar refractivity (Wildman–Crippen MR) is 102 cm³/mol. The summed E-state index contributed by atoms with van der Waals surface area (Å²) >= 11 is 5.23. The van der Waals surface area contributed by atoms with E-state index in [1.807, 2.05) is 45.4 Å². The van der Waals surface area contributed by atoms with E-state index in [-0.39, 0.29) is 11.9 Å². The SMILES string of the molecule is CNC(CCOc1ccc(F)cc1)c1ccccc1OC(=S)N(C)C. The van der Waals surface area contributed by atoms with Gasteiger partial charge < -0.3 is 19.7 Å². The lowest BCUT2D eigenvalue weighted by Gasteiger charge is -2.22. The van der Waals surface area contributed by atoms with Gasteiger partial charge in [-0.15, -0.1) is 0 Å². The van der Waals surface area contributed by atoms with Crippen LogP contribution in [-0.2, 0) is 0 Å². The third-order valence-corrected chi connectivity index (χ3v) is 4.14. The molecular weight excluding hydrogens is 339 g/mol. The van der Waals surface area contributed by atoms with Gasteiger partial charge in [0, 0.05) is 32.1 Å². The molecule has 0 radical (unpaired) electrons. The molecule has 1 unspecified atom stereocenters. The van der Waals surface area contributed by atoms with Gasteiger partial charge in [0.25, 0.3) is 5.17 Å². The first-order valence-electron chi connectivity index (χ1n) is 8.05. The number of rotatable bonds is 7. The highest BCUT2D eigenvalue weighted by molar-refractivity contribution is 7.80. The Bertz CT molecular complexity index is 692. The summed E-state index contributed by atoms with van der Waals surface area (Å²) in [5.41, 5.74) is 1.01. The van der Waals surface area contributed by atoms with Gasteiger partial charge in [0.05, 0.1) is 6.61 Å². The molecule has 0 heterocycles. The molecule has 1 N–H and O–H groups in total. The maximum atomic E-state index is 12.9. The lowest BCUT2D eigenvalue weighted by molar-refractivity contribution is 0.288. The van der Waals surface area contributed by atoms with Crippen LogP contribution >= 0.6 is 12.2 Å². The number of halogens is 1. The first-order valence-corrected chi connectivity index (χ1v) is 8.45. The number of para-hydroxylation sites is 1. The van der Waals surface area contributed by atoms with Crippen molar-refractivity contribution in [3.63, 3.8) is 0 Å². The Labute approximate surface area is 153 Å². The number of hydrogen-bond donors (Lipinski definition) is 1. The van der Waals surface area contributed by atoms with Crippen LogP contribution in [0.15, 0.2) is 48.5 Å².